The molecule has 6 heteroatoms. The number of hydrogen-bond donors (Lipinski definition) is 2. The van der Waals surface area contributed by atoms with Gasteiger partial charge < -0.3 is 19.8 Å². The van der Waals surface area contributed by atoms with Crippen LogP contribution in [0, 0.1) is 17.8 Å². The summed E-state index contributed by atoms with van der Waals surface area (Å²) in [7, 11) is 1.63. The first-order chi connectivity index (χ1) is 15.5. The summed E-state index contributed by atoms with van der Waals surface area (Å²) in [6, 6.07) is 7.59. The highest BCUT2D eigenvalue weighted by Gasteiger charge is 2.31. The smallest absolute Gasteiger partial charge is 0.303 e. The molecule has 0 radical (unpaired) electrons. The summed E-state index contributed by atoms with van der Waals surface area (Å²) in [6.07, 6.45) is 9.18. The standard InChI is InChI=1S/C26H36N2O4/c1-32-21-6-7-24-23(16-21)22(9-12-27-24)25(29)8-5-19-11-14-28(13-10-18-3-2-4-18)17-20(19)15-26(30)31/h6-7,9,12,16,18-20,25,29H,2-5,8,10-11,13-15,17H2,1H3,(H,30,31)/t19-,20+,25+/m1/s1. The lowest BCUT2D eigenvalue weighted by atomic mass is 9.78. The van der Waals surface area contributed by atoms with Crippen LogP contribution in [-0.4, -0.2) is 52.8 Å². The first-order valence-corrected chi connectivity index (χ1v) is 12.1. The second-order valence-electron chi connectivity index (χ2n) is 9.67. The van der Waals surface area contributed by atoms with Crippen molar-refractivity contribution in [1.29, 1.82) is 0 Å². The van der Waals surface area contributed by atoms with Gasteiger partial charge in [-0.1, -0.05) is 19.3 Å². The van der Waals surface area contributed by atoms with Crippen molar-refractivity contribution in [3.63, 3.8) is 0 Å². The number of aliphatic carboxylic acids is 1. The summed E-state index contributed by atoms with van der Waals surface area (Å²) in [4.78, 5) is 18.4. The second kappa shape index (κ2) is 10.6. The molecular formula is C26H36N2O4. The lowest BCUT2D eigenvalue weighted by Crippen LogP contribution is -2.42. The van der Waals surface area contributed by atoms with Gasteiger partial charge in [0.05, 0.1) is 18.7 Å². The highest BCUT2D eigenvalue weighted by Crippen LogP contribution is 2.35. The van der Waals surface area contributed by atoms with E-state index in [9.17, 15) is 15.0 Å². The maximum Gasteiger partial charge on any atom is 0.303 e. The molecule has 2 heterocycles. The van der Waals surface area contributed by atoms with Gasteiger partial charge in [-0.05, 0) is 86.4 Å². The number of likely N-dealkylation sites (tertiary alicyclic amines) is 1. The Bertz CT molecular complexity index is 914. The number of pyridine rings is 1. The van der Waals surface area contributed by atoms with Crippen molar-refractivity contribution in [2.24, 2.45) is 17.8 Å². The fourth-order valence-electron chi connectivity index (χ4n) is 5.43. The quantitative estimate of drug-likeness (QED) is 0.559. The molecule has 32 heavy (non-hydrogen) atoms. The van der Waals surface area contributed by atoms with Crippen LogP contribution in [-0.2, 0) is 4.79 Å². The summed E-state index contributed by atoms with van der Waals surface area (Å²) >= 11 is 0. The number of aromatic nitrogens is 1. The zero-order valence-electron chi connectivity index (χ0n) is 19.1. The van der Waals surface area contributed by atoms with E-state index >= 15 is 0 Å². The van der Waals surface area contributed by atoms with E-state index < -0.39 is 12.1 Å². The lowest BCUT2D eigenvalue weighted by molar-refractivity contribution is -0.139. The van der Waals surface area contributed by atoms with Crippen LogP contribution in [0.25, 0.3) is 10.9 Å². The Morgan fingerprint density at radius 3 is 2.78 bits per heavy atom. The number of benzene rings is 1. The number of carboxylic acids is 1. The third-order valence-electron chi connectivity index (χ3n) is 7.64. The molecule has 2 aromatic rings. The molecule has 0 amide bonds. The monoisotopic (exact) mass is 440 g/mol. The number of piperidine rings is 1. The molecule has 1 saturated heterocycles. The molecule has 1 aliphatic heterocycles. The molecule has 1 saturated carbocycles. The number of fused-ring (bicyclic) bond motifs is 1. The number of nitrogens with zero attached hydrogens (tertiary/aromatic N) is 2. The van der Waals surface area contributed by atoms with Crippen LogP contribution in [0.15, 0.2) is 30.5 Å². The van der Waals surface area contributed by atoms with E-state index in [2.05, 4.69) is 9.88 Å². The second-order valence-corrected chi connectivity index (χ2v) is 9.67. The Labute approximate surface area is 190 Å². The molecule has 1 aromatic heterocycles. The van der Waals surface area contributed by atoms with Gasteiger partial charge in [0.1, 0.15) is 5.75 Å². The van der Waals surface area contributed by atoms with E-state index in [4.69, 9.17) is 4.74 Å². The highest BCUT2D eigenvalue weighted by atomic mass is 16.5. The molecule has 4 rings (SSSR count). The van der Waals surface area contributed by atoms with Crippen molar-refractivity contribution in [2.45, 2.75) is 57.5 Å². The molecule has 2 N–H and O–H groups in total. The average Bonchev–Trinajstić information content (AvgIpc) is 2.76. The van der Waals surface area contributed by atoms with E-state index in [1.165, 1.54) is 25.7 Å². The van der Waals surface area contributed by atoms with Gasteiger partial charge in [0.15, 0.2) is 0 Å². The normalized spacial score (nSPS) is 23.1. The van der Waals surface area contributed by atoms with Gasteiger partial charge in [0.25, 0.3) is 0 Å². The van der Waals surface area contributed by atoms with Crippen LogP contribution < -0.4 is 4.74 Å². The Kier molecular flexibility index (Phi) is 7.63. The molecule has 6 nitrogen and oxygen atoms in total. The van der Waals surface area contributed by atoms with Crippen molar-refractivity contribution < 1.29 is 19.7 Å². The molecule has 2 fully saturated rings. The largest absolute Gasteiger partial charge is 0.497 e. The Balaban J connectivity index is 1.38. The summed E-state index contributed by atoms with van der Waals surface area (Å²) < 4.78 is 5.35. The molecule has 2 aliphatic rings. The Morgan fingerprint density at radius 1 is 1.22 bits per heavy atom. The number of carbonyl (C=O) groups is 1. The highest BCUT2D eigenvalue weighted by molar-refractivity contribution is 5.83. The summed E-state index contributed by atoms with van der Waals surface area (Å²) in [5.41, 5.74) is 1.70. The van der Waals surface area contributed by atoms with E-state index in [1.54, 1.807) is 13.3 Å². The zero-order valence-corrected chi connectivity index (χ0v) is 19.1. The Morgan fingerprint density at radius 2 is 2.06 bits per heavy atom. The number of carboxylic acid groups (broad SMARTS) is 1. The van der Waals surface area contributed by atoms with Crippen molar-refractivity contribution >= 4 is 16.9 Å². The van der Waals surface area contributed by atoms with Gasteiger partial charge in [0, 0.05) is 24.5 Å². The number of hydrogen-bond acceptors (Lipinski definition) is 5. The van der Waals surface area contributed by atoms with Crippen molar-refractivity contribution in [3.05, 3.63) is 36.0 Å². The minimum absolute atomic E-state index is 0.157. The summed E-state index contributed by atoms with van der Waals surface area (Å²) in [5.74, 6) is 1.41. The van der Waals surface area contributed by atoms with Crippen molar-refractivity contribution in [1.82, 2.24) is 9.88 Å². The van der Waals surface area contributed by atoms with Gasteiger partial charge in [0.2, 0.25) is 0 Å². The third-order valence-corrected chi connectivity index (χ3v) is 7.64. The van der Waals surface area contributed by atoms with E-state index in [0.29, 0.717) is 12.3 Å². The van der Waals surface area contributed by atoms with Gasteiger partial charge >= 0.3 is 5.97 Å². The maximum absolute atomic E-state index is 11.5. The van der Waals surface area contributed by atoms with Gasteiger partial charge in [-0.15, -0.1) is 0 Å². The van der Waals surface area contributed by atoms with E-state index in [1.807, 2.05) is 24.3 Å². The van der Waals surface area contributed by atoms with Crippen LogP contribution >= 0.6 is 0 Å². The van der Waals surface area contributed by atoms with Crippen molar-refractivity contribution in [2.75, 3.05) is 26.7 Å². The molecule has 0 spiro atoms. The fraction of sp³-hybridized carbons (Fsp3) is 0.615. The molecule has 174 valence electrons. The third kappa shape index (κ3) is 5.59. The first-order valence-electron chi connectivity index (χ1n) is 12.1. The van der Waals surface area contributed by atoms with E-state index in [-0.39, 0.29) is 12.3 Å². The molecular weight excluding hydrogens is 404 g/mol. The van der Waals surface area contributed by atoms with Gasteiger partial charge in [-0.2, -0.15) is 0 Å². The summed E-state index contributed by atoms with van der Waals surface area (Å²) in [5, 5.41) is 21.4. The minimum atomic E-state index is -0.714. The predicted molar refractivity (Wildman–Crippen MR) is 125 cm³/mol. The number of aliphatic hydroxyl groups is 1. The SMILES string of the molecule is COc1ccc2nccc([C@@H](O)CC[C@@H]3CCN(CCC4CCC4)C[C@@H]3CC(=O)O)c2c1. The topological polar surface area (TPSA) is 82.9 Å². The molecule has 1 aromatic carbocycles. The average molecular weight is 441 g/mol. The van der Waals surface area contributed by atoms with Crippen LogP contribution in [0.1, 0.15) is 63.0 Å². The predicted octanol–water partition coefficient (Wildman–Crippen LogP) is 4.66. The zero-order chi connectivity index (χ0) is 22.5. The van der Waals surface area contributed by atoms with Gasteiger partial charge in [-0.3, -0.25) is 9.78 Å². The fourth-order valence-corrected chi connectivity index (χ4v) is 5.43. The van der Waals surface area contributed by atoms with E-state index in [0.717, 1.165) is 60.6 Å². The maximum atomic E-state index is 11.5. The van der Waals surface area contributed by atoms with Gasteiger partial charge in [-0.25, -0.2) is 0 Å². The lowest BCUT2D eigenvalue weighted by Gasteiger charge is -2.39. The van der Waals surface area contributed by atoms with Crippen LogP contribution in [0.5, 0.6) is 5.75 Å². The minimum Gasteiger partial charge on any atom is -0.497 e. The molecule has 0 bridgehead atoms. The Hall–Kier alpha value is -2.18. The number of aliphatic hydroxyl groups excluding tert-OH is 1. The number of rotatable bonds is 10. The van der Waals surface area contributed by atoms with Crippen LogP contribution in [0.2, 0.25) is 0 Å². The van der Waals surface area contributed by atoms with Crippen LogP contribution in [0.3, 0.4) is 0 Å². The molecule has 1 aliphatic carbocycles. The van der Waals surface area contributed by atoms with Crippen LogP contribution in [0.4, 0.5) is 0 Å². The number of ether oxygens (including phenoxy) is 1. The van der Waals surface area contributed by atoms with Crippen molar-refractivity contribution in [3.8, 4) is 5.75 Å². The first kappa shape index (κ1) is 23.0. The number of methoxy groups -OCH3 is 1. The summed E-state index contributed by atoms with van der Waals surface area (Å²) in [6.45, 7) is 3.01. The molecule has 3 atom stereocenters. The molecule has 0 unspecified atom stereocenters.